The lowest BCUT2D eigenvalue weighted by Gasteiger charge is -2.28. The van der Waals surface area contributed by atoms with Gasteiger partial charge in [0.05, 0.1) is 27.7 Å². The Kier molecular flexibility index (Phi) is 71.5. The van der Waals surface area contributed by atoms with Gasteiger partial charge in [-0.1, -0.05) is 398 Å². The summed E-state index contributed by atoms with van der Waals surface area (Å²) in [5, 5.41) is 0. The molecule has 0 bridgehead atoms. The average molecular weight is 1310 g/mol. The van der Waals surface area contributed by atoms with Gasteiger partial charge in [-0.2, -0.15) is 0 Å². The Bertz CT molecular complexity index is 1580. The van der Waals surface area contributed by atoms with Crippen molar-refractivity contribution in [3.05, 3.63) is 24.3 Å². The van der Waals surface area contributed by atoms with Gasteiger partial charge >= 0.3 is 11.9 Å². The summed E-state index contributed by atoms with van der Waals surface area (Å²) in [7, 11) is 1.19. The van der Waals surface area contributed by atoms with E-state index in [2.05, 4.69) is 38.2 Å². The monoisotopic (exact) mass is 1300 g/mol. The first-order valence-electron chi connectivity index (χ1n) is 40.5. The van der Waals surface area contributed by atoms with Gasteiger partial charge in [0.15, 0.2) is 6.10 Å². The standard InChI is InChI=1S/C81H158NO8P/c1-6-8-10-12-14-16-18-20-22-24-26-28-30-32-34-36-37-38-39-40-41-42-43-44-46-47-49-51-53-55-57-59-61-63-65-67-69-71-73-80(83)87-77-79(78-89-91(85,86)88-76-75-82(3,4)5)90-81(84)74-72-70-68-66-64-62-60-58-56-54-52-50-48-45-35-33-31-29-27-25-23-21-19-17-15-13-11-9-7-2/h19,21,25,27,79H,6-18,20,22-24,26,28-78H2,1-5H3/b21-19-,27-25-. The molecule has 2 unspecified atom stereocenters. The van der Waals surface area contributed by atoms with Crippen LogP contribution in [0.2, 0.25) is 0 Å². The lowest BCUT2D eigenvalue weighted by Crippen LogP contribution is -2.37. The number of phosphoric acid groups is 1. The van der Waals surface area contributed by atoms with Gasteiger partial charge in [-0.3, -0.25) is 14.2 Å². The third-order valence-electron chi connectivity index (χ3n) is 18.7. The van der Waals surface area contributed by atoms with Crippen LogP contribution in [0, 0.1) is 0 Å². The quantitative estimate of drug-likeness (QED) is 0.0195. The minimum Gasteiger partial charge on any atom is -0.756 e. The van der Waals surface area contributed by atoms with E-state index in [1.807, 2.05) is 21.1 Å². The third-order valence-corrected chi connectivity index (χ3v) is 19.7. The van der Waals surface area contributed by atoms with Crippen molar-refractivity contribution in [2.75, 3.05) is 47.5 Å². The summed E-state index contributed by atoms with van der Waals surface area (Å²) in [6.07, 6.45) is 93.2. The van der Waals surface area contributed by atoms with Crippen molar-refractivity contribution in [2.24, 2.45) is 0 Å². The van der Waals surface area contributed by atoms with E-state index in [4.69, 9.17) is 18.5 Å². The molecule has 0 saturated heterocycles. The zero-order valence-electron chi connectivity index (χ0n) is 61.8. The Labute approximate surface area is 568 Å². The van der Waals surface area contributed by atoms with Crippen LogP contribution in [0.3, 0.4) is 0 Å². The third kappa shape index (κ3) is 77.4. The highest BCUT2D eigenvalue weighted by atomic mass is 31.2. The fourth-order valence-corrected chi connectivity index (χ4v) is 13.2. The number of rotatable bonds is 77. The lowest BCUT2D eigenvalue weighted by atomic mass is 10.0. The first-order valence-corrected chi connectivity index (χ1v) is 42.0. The molecule has 0 rings (SSSR count). The first kappa shape index (κ1) is 89.5. The topological polar surface area (TPSA) is 111 Å². The Morgan fingerprint density at radius 1 is 0.341 bits per heavy atom. The number of ether oxygens (including phenoxy) is 2. The molecule has 0 aromatic heterocycles. The lowest BCUT2D eigenvalue weighted by molar-refractivity contribution is -0.870. The van der Waals surface area contributed by atoms with Crippen molar-refractivity contribution >= 4 is 19.8 Å². The number of hydrogen-bond acceptors (Lipinski definition) is 8. The largest absolute Gasteiger partial charge is 0.756 e. The molecule has 540 valence electrons. The van der Waals surface area contributed by atoms with Gasteiger partial charge in [0.1, 0.15) is 19.8 Å². The van der Waals surface area contributed by atoms with Crippen molar-refractivity contribution in [3.8, 4) is 0 Å². The molecular weight excluding hydrogens is 1150 g/mol. The number of phosphoric ester groups is 1. The van der Waals surface area contributed by atoms with Crippen molar-refractivity contribution in [1.29, 1.82) is 0 Å². The summed E-state index contributed by atoms with van der Waals surface area (Å²) < 4.78 is 34.4. The minimum atomic E-state index is -4.64. The maximum absolute atomic E-state index is 12.9. The van der Waals surface area contributed by atoms with E-state index in [0.717, 1.165) is 38.5 Å². The number of likely N-dealkylation sites (N-methyl/N-ethyl adjacent to an activating group) is 1. The average Bonchev–Trinajstić information content (AvgIpc) is 3.74. The van der Waals surface area contributed by atoms with Crippen LogP contribution in [-0.4, -0.2) is 70.0 Å². The molecule has 9 nitrogen and oxygen atoms in total. The number of unbranched alkanes of at least 4 members (excludes halogenated alkanes) is 59. The van der Waals surface area contributed by atoms with Gasteiger partial charge in [-0.15, -0.1) is 0 Å². The molecule has 0 heterocycles. The molecule has 0 aromatic rings. The maximum Gasteiger partial charge on any atom is 0.306 e. The fraction of sp³-hybridized carbons (Fsp3) is 0.926. The smallest absolute Gasteiger partial charge is 0.306 e. The van der Waals surface area contributed by atoms with E-state index in [-0.39, 0.29) is 32.0 Å². The second-order valence-electron chi connectivity index (χ2n) is 29.1. The van der Waals surface area contributed by atoms with Crippen molar-refractivity contribution < 1.29 is 42.1 Å². The number of quaternary nitrogens is 1. The van der Waals surface area contributed by atoms with Gasteiger partial charge in [0, 0.05) is 12.8 Å². The van der Waals surface area contributed by atoms with Crippen LogP contribution in [0.1, 0.15) is 431 Å². The SMILES string of the molecule is CCCCCCC/C=C\C/C=C\CCCCCCCCCCCCCCCCCCCC(=O)OC(COC(=O)CCCCCCCCCCCCCCCCCCCCCCCCCCCCCCCCCCCCCCCC)COP(=O)([O-])OCC[N+](C)(C)C. The number of nitrogens with zero attached hydrogens (tertiary/aromatic N) is 1. The Hall–Kier alpha value is -1.51. The molecule has 0 aliphatic heterocycles. The van der Waals surface area contributed by atoms with Crippen LogP contribution in [0.5, 0.6) is 0 Å². The summed E-state index contributed by atoms with van der Waals surface area (Å²) in [5.41, 5.74) is 0. The molecule has 0 amide bonds. The van der Waals surface area contributed by atoms with E-state index in [1.54, 1.807) is 0 Å². The minimum absolute atomic E-state index is 0.0269. The predicted molar refractivity (Wildman–Crippen MR) is 393 cm³/mol. The highest BCUT2D eigenvalue weighted by molar-refractivity contribution is 7.45. The van der Waals surface area contributed by atoms with Gasteiger partial charge in [-0.05, 0) is 44.9 Å². The number of esters is 2. The van der Waals surface area contributed by atoms with Gasteiger partial charge in [0.2, 0.25) is 0 Å². The molecule has 0 aliphatic rings. The van der Waals surface area contributed by atoms with Crippen LogP contribution >= 0.6 is 7.82 Å². The van der Waals surface area contributed by atoms with Crippen LogP contribution in [0.4, 0.5) is 0 Å². The zero-order chi connectivity index (χ0) is 66.2. The molecule has 0 N–H and O–H groups in total. The number of carbonyl (C=O) groups excluding carboxylic acids is 2. The molecule has 91 heavy (non-hydrogen) atoms. The molecule has 0 spiro atoms. The van der Waals surface area contributed by atoms with Crippen molar-refractivity contribution in [1.82, 2.24) is 0 Å². The Morgan fingerprint density at radius 3 is 0.868 bits per heavy atom. The van der Waals surface area contributed by atoms with Crippen molar-refractivity contribution in [3.63, 3.8) is 0 Å². The molecule has 0 radical (unpaired) electrons. The first-order chi connectivity index (χ1) is 44.5. The summed E-state index contributed by atoms with van der Waals surface area (Å²) >= 11 is 0. The van der Waals surface area contributed by atoms with E-state index < -0.39 is 26.5 Å². The van der Waals surface area contributed by atoms with Crippen LogP contribution in [0.15, 0.2) is 24.3 Å². The van der Waals surface area contributed by atoms with Crippen molar-refractivity contribution in [2.45, 2.75) is 437 Å². The normalized spacial score (nSPS) is 13.1. The molecular formula is C81H158NO8P. The van der Waals surface area contributed by atoms with Crippen LogP contribution < -0.4 is 4.89 Å². The summed E-state index contributed by atoms with van der Waals surface area (Å²) in [6.45, 7) is 4.32. The molecule has 0 saturated carbocycles. The van der Waals surface area contributed by atoms with E-state index in [0.29, 0.717) is 17.4 Å². The molecule has 2 atom stereocenters. The second-order valence-corrected chi connectivity index (χ2v) is 30.6. The second kappa shape index (κ2) is 72.8. The number of hydrogen-bond donors (Lipinski definition) is 0. The van der Waals surface area contributed by atoms with E-state index in [1.165, 1.54) is 360 Å². The fourth-order valence-electron chi connectivity index (χ4n) is 12.5. The van der Waals surface area contributed by atoms with Crippen LogP contribution in [0.25, 0.3) is 0 Å². The van der Waals surface area contributed by atoms with Gasteiger partial charge in [-0.25, -0.2) is 0 Å². The van der Waals surface area contributed by atoms with Gasteiger partial charge < -0.3 is 27.9 Å². The zero-order valence-corrected chi connectivity index (χ0v) is 62.7. The van der Waals surface area contributed by atoms with E-state index in [9.17, 15) is 19.0 Å². The van der Waals surface area contributed by atoms with E-state index >= 15 is 0 Å². The van der Waals surface area contributed by atoms with Crippen LogP contribution in [-0.2, 0) is 32.7 Å². The molecule has 0 aliphatic carbocycles. The predicted octanol–water partition coefficient (Wildman–Crippen LogP) is 26.2. The van der Waals surface area contributed by atoms with Gasteiger partial charge in [0.25, 0.3) is 7.82 Å². The number of allylic oxidation sites excluding steroid dienone is 4. The summed E-state index contributed by atoms with van der Waals surface area (Å²) in [4.78, 5) is 38.2. The molecule has 10 heteroatoms. The highest BCUT2D eigenvalue weighted by Crippen LogP contribution is 2.38. The summed E-state index contributed by atoms with van der Waals surface area (Å²) in [5.74, 6) is -0.806. The Balaban J connectivity index is 3.88. The maximum atomic E-state index is 12.9. The molecule has 0 aromatic carbocycles. The summed E-state index contributed by atoms with van der Waals surface area (Å²) in [6, 6.07) is 0. The molecule has 0 fully saturated rings. The number of carbonyl (C=O) groups is 2. The Morgan fingerprint density at radius 2 is 0.593 bits per heavy atom. The highest BCUT2D eigenvalue weighted by Gasteiger charge is 2.22.